The van der Waals surface area contributed by atoms with Gasteiger partial charge in [-0.2, -0.15) is 5.10 Å². The van der Waals surface area contributed by atoms with Crippen molar-refractivity contribution in [2.75, 3.05) is 0 Å². The van der Waals surface area contributed by atoms with Crippen LogP contribution in [0.4, 0.5) is 0 Å². The molecule has 0 N–H and O–H groups in total. The Morgan fingerprint density at radius 1 is 1.40 bits per heavy atom. The number of aromatic nitrogens is 3. The summed E-state index contributed by atoms with van der Waals surface area (Å²) in [6, 6.07) is 4.04. The molecule has 0 spiro atoms. The SMILES string of the molecule is Cn1cc(C(=O)/C=C\c2csc(-c3cccs3)n2)cn1. The second kappa shape index (κ2) is 5.52. The molecule has 0 aliphatic heterocycles. The number of thiophene rings is 1. The molecule has 20 heavy (non-hydrogen) atoms. The van der Waals surface area contributed by atoms with Gasteiger partial charge in [0.15, 0.2) is 5.78 Å². The van der Waals surface area contributed by atoms with E-state index in [1.54, 1.807) is 52.9 Å². The quantitative estimate of drug-likeness (QED) is 0.547. The molecule has 3 aromatic rings. The standard InChI is InChI=1S/C14H11N3OS2/c1-17-8-10(7-15-17)12(18)5-4-11-9-20-14(16-11)13-3-2-6-19-13/h2-9H,1H3/b5-4-. The van der Waals surface area contributed by atoms with Gasteiger partial charge in [-0.3, -0.25) is 9.48 Å². The van der Waals surface area contributed by atoms with Crippen molar-refractivity contribution in [2.24, 2.45) is 7.05 Å². The zero-order valence-corrected chi connectivity index (χ0v) is 12.3. The van der Waals surface area contributed by atoms with E-state index in [4.69, 9.17) is 0 Å². The molecule has 3 heterocycles. The lowest BCUT2D eigenvalue weighted by Crippen LogP contribution is -1.91. The Hall–Kier alpha value is -2.05. The highest BCUT2D eigenvalue weighted by atomic mass is 32.1. The molecule has 100 valence electrons. The molecule has 0 atom stereocenters. The molecule has 3 aromatic heterocycles. The Morgan fingerprint density at radius 2 is 2.30 bits per heavy atom. The number of hydrogen-bond donors (Lipinski definition) is 0. The zero-order chi connectivity index (χ0) is 13.9. The summed E-state index contributed by atoms with van der Waals surface area (Å²) in [6.07, 6.45) is 6.53. The average molecular weight is 301 g/mol. The Morgan fingerprint density at radius 3 is 3.00 bits per heavy atom. The first-order chi connectivity index (χ1) is 9.72. The van der Waals surface area contributed by atoms with Crippen LogP contribution >= 0.6 is 22.7 Å². The summed E-state index contributed by atoms with van der Waals surface area (Å²) in [5, 5.41) is 8.93. The van der Waals surface area contributed by atoms with Crippen LogP contribution in [-0.4, -0.2) is 20.5 Å². The molecule has 0 saturated heterocycles. The van der Waals surface area contributed by atoms with Crippen molar-refractivity contribution >= 4 is 34.5 Å². The van der Waals surface area contributed by atoms with Gasteiger partial charge in [-0.1, -0.05) is 6.07 Å². The molecule has 0 aliphatic carbocycles. The third kappa shape index (κ3) is 2.76. The predicted molar refractivity (Wildman–Crippen MR) is 82.0 cm³/mol. The number of hydrogen-bond acceptors (Lipinski definition) is 5. The van der Waals surface area contributed by atoms with E-state index >= 15 is 0 Å². The minimum absolute atomic E-state index is 0.0660. The second-order valence-corrected chi connectivity index (χ2v) is 5.96. The number of rotatable bonds is 4. The lowest BCUT2D eigenvalue weighted by molar-refractivity contribution is 0.104. The first-order valence-corrected chi connectivity index (χ1v) is 7.69. The van der Waals surface area contributed by atoms with Crippen molar-refractivity contribution < 1.29 is 4.79 Å². The molecule has 3 rings (SSSR count). The third-order valence-electron chi connectivity index (χ3n) is 2.65. The first kappa shape index (κ1) is 13.0. The van der Waals surface area contributed by atoms with Crippen molar-refractivity contribution in [3.8, 4) is 9.88 Å². The fourth-order valence-corrected chi connectivity index (χ4v) is 3.28. The van der Waals surface area contributed by atoms with Crippen LogP contribution in [0.3, 0.4) is 0 Å². The molecule has 0 unspecified atom stereocenters. The number of carbonyl (C=O) groups excluding carboxylic acids is 1. The Bertz CT molecular complexity index is 753. The maximum absolute atomic E-state index is 11.9. The Kier molecular flexibility index (Phi) is 3.58. The van der Waals surface area contributed by atoms with Gasteiger partial charge in [0.1, 0.15) is 5.01 Å². The topological polar surface area (TPSA) is 47.8 Å². The molecule has 0 amide bonds. The van der Waals surface area contributed by atoms with Gasteiger partial charge in [0.2, 0.25) is 0 Å². The summed E-state index contributed by atoms with van der Waals surface area (Å²) >= 11 is 3.24. The Labute approximate surface area is 124 Å². The smallest absolute Gasteiger partial charge is 0.189 e. The van der Waals surface area contributed by atoms with Crippen molar-refractivity contribution in [3.05, 3.63) is 52.6 Å². The van der Waals surface area contributed by atoms with Crippen LogP contribution in [0.25, 0.3) is 16.0 Å². The van der Waals surface area contributed by atoms with Crippen LogP contribution in [0.5, 0.6) is 0 Å². The monoisotopic (exact) mass is 301 g/mol. The molecule has 4 nitrogen and oxygen atoms in total. The van der Waals surface area contributed by atoms with E-state index in [1.807, 2.05) is 22.9 Å². The highest BCUT2D eigenvalue weighted by Gasteiger charge is 2.06. The summed E-state index contributed by atoms with van der Waals surface area (Å²) in [6.45, 7) is 0. The van der Waals surface area contributed by atoms with Gasteiger partial charge in [-0.05, 0) is 23.6 Å². The second-order valence-electron chi connectivity index (χ2n) is 4.16. The number of carbonyl (C=O) groups is 1. The van der Waals surface area contributed by atoms with Crippen LogP contribution < -0.4 is 0 Å². The van der Waals surface area contributed by atoms with E-state index in [2.05, 4.69) is 10.1 Å². The minimum atomic E-state index is -0.0660. The maximum atomic E-state index is 11.9. The van der Waals surface area contributed by atoms with E-state index in [0.29, 0.717) is 5.56 Å². The summed E-state index contributed by atoms with van der Waals surface area (Å²) in [5.41, 5.74) is 1.38. The van der Waals surface area contributed by atoms with Crippen LogP contribution in [0.2, 0.25) is 0 Å². The third-order valence-corrected chi connectivity index (χ3v) is 4.55. The molecule has 0 saturated carbocycles. The molecular formula is C14H11N3OS2. The molecule has 6 heteroatoms. The number of nitrogens with zero attached hydrogens (tertiary/aromatic N) is 3. The number of thiazole rings is 1. The van der Waals surface area contributed by atoms with E-state index in [1.165, 1.54) is 6.08 Å². The van der Waals surface area contributed by atoms with Crippen LogP contribution in [0.15, 0.2) is 41.4 Å². The van der Waals surface area contributed by atoms with Crippen LogP contribution in [0.1, 0.15) is 16.1 Å². The predicted octanol–water partition coefficient (Wildman–Crippen LogP) is 3.50. The van der Waals surface area contributed by atoms with E-state index in [0.717, 1.165) is 15.6 Å². The van der Waals surface area contributed by atoms with E-state index in [-0.39, 0.29) is 5.78 Å². The molecule has 0 aliphatic rings. The van der Waals surface area contributed by atoms with Gasteiger partial charge in [0.25, 0.3) is 0 Å². The molecule has 0 bridgehead atoms. The van der Waals surface area contributed by atoms with Crippen LogP contribution in [-0.2, 0) is 7.05 Å². The zero-order valence-electron chi connectivity index (χ0n) is 10.7. The summed E-state index contributed by atoms with van der Waals surface area (Å²) in [4.78, 5) is 17.5. The highest BCUT2D eigenvalue weighted by Crippen LogP contribution is 2.28. The maximum Gasteiger partial charge on any atom is 0.189 e. The fourth-order valence-electron chi connectivity index (χ4n) is 1.68. The van der Waals surface area contributed by atoms with Crippen molar-refractivity contribution in [2.45, 2.75) is 0 Å². The largest absolute Gasteiger partial charge is 0.289 e. The van der Waals surface area contributed by atoms with E-state index in [9.17, 15) is 4.79 Å². The van der Waals surface area contributed by atoms with Gasteiger partial charge in [0.05, 0.1) is 22.3 Å². The lowest BCUT2D eigenvalue weighted by Gasteiger charge is -1.88. The minimum Gasteiger partial charge on any atom is -0.289 e. The highest BCUT2D eigenvalue weighted by molar-refractivity contribution is 7.20. The average Bonchev–Trinajstić information content (AvgIpc) is 3.16. The molecular weight excluding hydrogens is 290 g/mol. The van der Waals surface area contributed by atoms with Gasteiger partial charge in [-0.25, -0.2) is 4.98 Å². The Balaban J connectivity index is 1.75. The first-order valence-electron chi connectivity index (χ1n) is 5.93. The molecule has 0 fully saturated rings. The van der Waals surface area contributed by atoms with Gasteiger partial charge in [-0.15, -0.1) is 22.7 Å². The number of aryl methyl sites for hydroxylation is 1. The summed E-state index contributed by atoms with van der Waals surface area (Å²) in [5.74, 6) is -0.0660. The summed E-state index contributed by atoms with van der Waals surface area (Å²) in [7, 11) is 1.79. The number of ketones is 1. The van der Waals surface area contributed by atoms with Gasteiger partial charge < -0.3 is 0 Å². The van der Waals surface area contributed by atoms with Crippen molar-refractivity contribution in [1.82, 2.24) is 14.8 Å². The van der Waals surface area contributed by atoms with Crippen molar-refractivity contribution in [1.29, 1.82) is 0 Å². The fraction of sp³-hybridized carbons (Fsp3) is 0.0714. The summed E-state index contributed by atoms with van der Waals surface area (Å²) < 4.78 is 1.61. The normalized spacial score (nSPS) is 11.2. The number of allylic oxidation sites excluding steroid dienone is 1. The van der Waals surface area contributed by atoms with Crippen molar-refractivity contribution in [3.63, 3.8) is 0 Å². The lowest BCUT2D eigenvalue weighted by atomic mass is 10.2. The van der Waals surface area contributed by atoms with Gasteiger partial charge in [0, 0.05) is 18.6 Å². The molecule has 0 radical (unpaired) electrons. The van der Waals surface area contributed by atoms with E-state index < -0.39 is 0 Å². The molecule has 0 aromatic carbocycles. The van der Waals surface area contributed by atoms with Gasteiger partial charge >= 0.3 is 0 Å². The van der Waals surface area contributed by atoms with Crippen LogP contribution in [0, 0.1) is 0 Å².